The number of aliphatic hydroxyl groups is 2. The van der Waals surface area contributed by atoms with Crippen LogP contribution in [0.2, 0.25) is 5.02 Å². The van der Waals surface area contributed by atoms with Crippen LogP contribution in [0, 0.1) is 0 Å². The van der Waals surface area contributed by atoms with Gasteiger partial charge in [-0.1, -0.05) is 23.7 Å². The molecule has 0 bridgehead atoms. The van der Waals surface area contributed by atoms with Gasteiger partial charge >= 0.3 is 31.1 Å². The van der Waals surface area contributed by atoms with Gasteiger partial charge in [-0.05, 0) is 36.4 Å². The molecule has 13 N–H and O–H groups in total. The van der Waals surface area contributed by atoms with Crippen molar-refractivity contribution in [2.24, 2.45) is 0 Å². The number of nitrogens with one attached hydrogen (secondary N) is 3. The summed E-state index contributed by atoms with van der Waals surface area (Å²) in [5, 5.41) is 25.5. The van der Waals surface area contributed by atoms with E-state index in [1.807, 2.05) is 0 Å². The molecule has 2 aromatic carbocycles. The molecule has 0 amide bonds. The van der Waals surface area contributed by atoms with Gasteiger partial charge in [0.05, 0.1) is 50.9 Å². The van der Waals surface area contributed by atoms with Crippen molar-refractivity contribution in [1.82, 2.24) is 58.6 Å². The lowest BCUT2D eigenvalue weighted by atomic mass is 10.1. The smallest absolute Gasteiger partial charge is 0.488 e. The van der Waals surface area contributed by atoms with Crippen LogP contribution in [0.25, 0.3) is 44.9 Å². The van der Waals surface area contributed by atoms with E-state index < -0.39 is 110 Å². The van der Waals surface area contributed by atoms with Gasteiger partial charge in [0, 0.05) is 24.7 Å². The Labute approximate surface area is 462 Å². The molecule has 10 rings (SSSR count). The summed E-state index contributed by atoms with van der Waals surface area (Å²) < 4.78 is 106. The van der Waals surface area contributed by atoms with Gasteiger partial charge < -0.3 is 70.1 Å². The van der Waals surface area contributed by atoms with Crippen LogP contribution in [0.15, 0.2) is 77.1 Å². The van der Waals surface area contributed by atoms with Gasteiger partial charge in [0.1, 0.15) is 48.9 Å². The van der Waals surface area contributed by atoms with E-state index in [-0.39, 0.29) is 75.7 Å². The number of nitrogen functional groups attached to an aromatic ring is 2. The first kappa shape index (κ1) is 58.7. The zero-order valence-electron chi connectivity index (χ0n) is 42.0. The third-order valence-electron chi connectivity index (χ3n) is 12.7. The Kier molecular flexibility index (Phi) is 15.9. The first-order chi connectivity index (χ1) is 38.8. The fraction of sp³-hybridized carbons (Fsp3) is 0.341. The minimum atomic E-state index is -6.09. The number of fused-ring (bicyclic) bond motifs is 3. The zero-order chi connectivity index (χ0) is 58.7. The molecule has 36 nitrogen and oxygen atoms in total. The van der Waals surface area contributed by atoms with Gasteiger partial charge in [-0.2, -0.15) is 14.3 Å². The van der Waals surface area contributed by atoms with Crippen molar-refractivity contribution in [3.05, 3.63) is 93.2 Å². The summed E-state index contributed by atoms with van der Waals surface area (Å²) in [4.78, 5) is 103. The van der Waals surface area contributed by atoms with Gasteiger partial charge in [0.2, 0.25) is 11.9 Å². The fourth-order valence-electron chi connectivity index (χ4n) is 8.96. The van der Waals surface area contributed by atoms with Gasteiger partial charge in [0.15, 0.2) is 50.8 Å². The normalized spacial score (nSPS) is 24.1. The Morgan fingerprint density at radius 2 is 1.45 bits per heavy atom. The molecule has 0 saturated carbocycles. The van der Waals surface area contributed by atoms with Crippen LogP contribution in [-0.4, -0.2) is 160 Å². The number of benzene rings is 2. The van der Waals surface area contributed by atoms with E-state index in [1.165, 1.54) is 34.6 Å². The number of aliphatic hydroxyl groups excluding tert-OH is 1. The third kappa shape index (κ3) is 11.5. The molecule has 41 heteroatoms. The molecule has 2 aliphatic rings. The van der Waals surface area contributed by atoms with Crippen molar-refractivity contribution in [1.29, 1.82) is 0 Å². The SMILES string of the molecule is CNc1ncnc2c1ncn2C1(OC)COC(COP(=O)(O)OP(=O)(O)OP(=O)(O)c2ccc(-c3nc4nc(N)[nH]c(=O)c4n3CCOc3ccc(Cl)cc3)cc2)C1OP(=O)(O)OCC1OCC(O)(n2cnc3c(=O)[nH]c(N)nc32)C1O. The molecule has 10 atom stereocenters. The molecular formula is C41H46ClN15O21P4. The average Bonchev–Trinajstić information content (AvgIpc) is 2.55. The summed E-state index contributed by atoms with van der Waals surface area (Å²) >= 11 is 5.97. The van der Waals surface area contributed by atoms with E-state index in [1.54, 1.807) is 24.3 Å². The highest BCUT2D eigenvalue weighted by atomic mass is 35.5. The van der Waals surface area contributed by atoms with Crippen molar-refractivity contribution in [3.8, 4) is 17.1 Å². The number of imidazole rings is 3. The molecule has 2 saturated heterocycles. The van der Waals surface area contributed by atoms with Gasteiger partial charge in [-0.15, -0.1) is 0 Å². The number of phosphoric acid groups is 3. The Bertz CT molecular complexity index is 4060. The molecule has 0 aliphatic carbocycles. The quantitative estimate of drug-likeness (QED) is 0.0408. The largest absolute Gasteiger partial charge is 0.492 e. The molecule has 10 unspecified atom stereocenters. The summed E-state index contributed by atoms with van der Waals surface area (Å²) in [7, 11) is -20.3. The number of aromatic nitrogens is 12. The molecule has 0 spiro atoms. The second kappa shape index (κ2) is 22.3. The number of nitrogens with zero attached hydrogens (tertiary/aromatic N) is 10. The number of hydrogen-bond acceptors (Lipinski definition) is 27. The van der Waals surface area contributed by atoms with Crippen molar-refractivity contribution in [2.75, 3.05) is 64.0 Å². The highest BCUT2D eigenvalue weighted by Gasteiger charge is 2.58. The minimum absolute atomic E-state index is 0.00290. The Morgan fingerprint density at radius 1 is 0.793 bits per heavy atom. The number of ether oxygens (including phenoxy) is 4. The van der Waals surface area contributed by atoms with E-state index in [0.29, 0.717) is 10.8 Å². The van der Waals surface area contributed by atoms with Crippen LogP contribution in [-0.2, 0) is 72.7 Å². The summed E-state index contributed by atoms with van der Waals surface area (Å²) in [6.45, 7) is -3.51. The number of anilines is 3. The van der Waals surface area contributed by atoms with E-state index in [9.17, 15) is 57.6 Å². The minimum Gasteiger partial charge on any atom is -0.492 e. The van der Waals surface area contributed by atoms with Crippen LogP contribution in [0.1, 0.15) is 0 Å². The maximum Gasteiger partial charge on any atom is 0.488 e. The number of nitrogens with two attached hydrogens (primary N) is 2. The summed E-state index contributed by atoms with van der Waals surface area (Å²) in [5.74, 6) is 0.219. The Hall–Kier alpha value is -6.46. The first-order valence-corrected chi connectivity index (χ1v) is 30.0. The molecule has 2 aliphatic heterocycles. The molecule has 438 valence electrons. The van der Waals surface area contributed by atoms with Gasteiger partial charge in [-0.3, -0.25) is 46.8 Å². The van der Waals surface area contributed by atoms with Crippen LogP contribution in [0.4, 0.5) is 17.7 Å². The molecule has 0 radical (unpaired) electrons. The molecule has 2 fully saturated rings. The highest BCUT2D eigenvalue weighted by molar-refractivity contribution is 7.71. The second-order valence-corrected chi connectivity index (χ2v) is 24.7. The lowest BCUT2D eigenvalue weighted by Gasteiger charge is -2.35. The number of methoxy groups -OCH3 is 1. The van der Waals surface area contributed by atoms with Crippen LogP contribution >= 0.6 is 42.7 Å². The van der Waals surface area contributed by atoms with Gasteiger partial charge in [0.25, 0.3) is 11.1 Å². The van der Waals surface area contributed by atoms with Crippen LogP contribution < -0.4 is 37.9 Å². The maximum absolute atomic E-state index is 14.0. The van der Waals surface area contributed by atoms with Crippen LogP contribution in [0.5, 0.6) is 5.75 Å². The predicted molar refractivity (Wildman–Crippen MR) is 281 cm³/mol. The number of rotatable bonds is 22. The van der Waals surface area contributed by atoms with Crippen molar-refractivity contribution in [2.45, 2.75) is 42.4 Å². The van der Waals surface area contributed by atoms with E-state index in [4.69, 9.17) is 55.6 Å². The summed E-state index contributed by atoms with van der Waals surface area (Å²) in [6, 6.07) is 11.0. The molecule has 8 heterocycles. The maximum atomic E-state index is 14.0. The predicted octanol–water partition coefficient (Wildman–Crippen LogP) is 0.365. The standard InChI is InChI=1S/C41H46ClN15O21P4/c1-45-31-26-34(47-17-46-31)57(19-48-26)41(70-2)16-73-25(30(41)76-80(64,65)74-13-24-29(58)40(61,15-72-24)56-18-49-27-35(56)52-39(44)53-36(27)59)14-75-81(66,67)78-82(68,69)77-79(62,63)23-9-3-20(4-10-23)33-50-32-28(37(60)54-38(43)51-32)55(33)11-12-71-22-7-5-21(42)6-8-22/h3-10,17-19,24-25,29-30,58,61H,11-16H2,1-2H3,(H,62,63)(H,64,65)(H,66,67)(H,68,69)(H,45,46,47)(H3,43,51,54,60)(H3,44,52,53,59). The summed E-state index contributed by atoms with van der Waals surface area (Å²) in [5.41, 5.74) is 5.38. The number of halogens is 1. The monoisotopic (exact) mass is 1240 g/mol. The van der Waals surface area contributed by atoms with Gasteiger partial charge in [-0.25, -0.2) is 42.9 Å². The number of aromatic amines is 2. The zero-order valence-corrected chi connectivity index (χ0v) is 46.3. The molecular weight excluding hydrogens is 1200 g/mol. The van der Waals surface area contributed by atoms with E-state index >= 15 is 0 Å². The Balaban J connectivity index is 0.840. The lowest BCUT2D eigenvalue weighted by Crippen LogP contribution is -2.50. The molecule has 6 aromatic heterocycles. The first-order valence-electron chi connectivity index (χ1n) is 23.5. The number of phosphoric ester groups is 2. The lowest BCUT2D eigenvalue weighted by molar-refractivity contribution is -0.135. The topological polar surface area (TPSA) is 508 Å². The molecule has 8 aromatic rings. The summed E-state index contributed by atoms with van der Waals surface area (Å²) in [6.07, 6.45) is -4.03. The average molecular weight is 1240 g/mol. The van der Waals surface area contributed by atoms with E-state index in [2.05, 4.69) is 58.8 Å². The highest BCUT2D eigenvalue weighted by Crippen LogP contribution is 2.67. The van der Waals surface area contributed by atoms with Crippen molar-refractivity contribution >= 4 is 99.2 Å². The van der Waals surface area contributed by atoms with Crippen molar-refractivity contribution < 1.29 is 89.2 Å². The third-order valence-corrected chi connectivity index (χ3v) is 18.8. The fourth-order valence-corrected chi connectivity index (χ4v) is 14.0. The number of hydrogen-bond donors (Lipinski definition) is 11. The van der Waals surface area contributed by atoms with E-state index in [0.717, 1.165) is 36.5 Å². The number of H-pyrrole nitrogens is 2. The Morgan fingerprint density at radius 3 is 2.17 bits per heavy atom. The van der Waals surface area contributed by atoms with Crippen molar-refractivity contribution in [3.63, 3.8) is 0 Å². The second-order valence-electron chi connectivity index (χ2n) is 17.8. The molecule has 82 heavy (non-hydrogen) atoms. The van der Waals surface area contributed by atoms with Crippen LogP contribution in [0.3, 0.4) is 0 Å².